The Bertz CT molecular complexity index is 1490. The van der Waals surface area contributed by atoms with Crippen LogP contribution in [0, 0.1) is 28.6 Å². The van der Waals surface area contributed by atoms with E-state index in [1.54, 1.807) is 10.9 Å². The van der Waals surface area contributed by atoms with Gasteiger partial charge in [0.1, 0.15) is 17.0 Å². The highest BCUT2D eigenvalue weighted by molar-refractivity contribution is 5.93. The molecule has 182 valence electrons. The van der Waals surface area contributed by atoms with Crippen molar-refractivity contribution < 1.29 is 4.79 Å². The Kier molecular flexibility index (Phi) is 4.12. The van der Waals surface area contributed by atoms with E-state index in [0.29, 0.717) is 34.6 Å². The Morgan fingerprint density at radius 1 is 1.08 bits per heavy atom. The fourth-order valence-electron chi connectivity index (χ4n) is 8.57. The SMILES string of the molecule is O=C(NCC12CC3CC4CC(C1)C4(C3)C2)c1cccc2nc(Cn3nnnc3-c3ccccn3)cn12. The maximum atomic E-state index is 13.4. The van der Waals surface area contributed by atoms with Crippen molar-refractivity contribution in [3.63, 3.8) is 0 Å². The minimum absolute atomic E-state index is 0.0262. The molecule has 1 spiro atoms. The molecule has 8 rings (SSSR count). The van der Waals surface area contributed by atoms with Gasteiger partial charge in [0.15, 0.2) is 0 Å². The summed E-state index contributed by atoms with van der Waals surface area (Å²) in [5.74, 6) is 3.33. The summed E-state index contributed by atoms with van der Waals surface area (Å²) in [4.78, 5) is 22.5. The summed E-state index contributed by atoms with van der Waals surface area (Å²) in [6.45, 7) is 1.18. The van der Waals surface area contributed by atoms with Crippen molar-refractivity contribution >= 4 is 11.6 Å². The zero-order chi connectivity index (χ0) is 23.9. The molecule has 1 amide bonds. The van der Waals surface area contributed by atoms with Crippen molar-refractivity contribution in [2.75, 3.05) is 6.54 Å². The molecule has 4 aliphatic carbocycles. The summed E-state index contributed by atoms with van der Waals surface area (Å²) in [6, 6.07) is 11.3. The minimum atomic E-state index is -0.0262. The summed E-state index contributed by atoms with van der Waals surface area (Å²) >= 11 is 0. The summed E-state index contributed by atoms with van der Waals surface area (Å²) < 4.78 is 3.56. The van der Waals surface area contributed by atoms with E-state index in [-0.39, 0.29) is 5.91 Å². The van der Waals surface area contributed by atoms with Crippen LogP contribution in [0.25, 0.3) is 17.2 Å². The number of rotatable bonds is 6. The first-order valence-corrected chi connectivity index (χ1v) is 13.0. The fourth-order valence-corrected chi connectivity index (χ4v) is 8.57. The van der Waals surface area contributed by atoms with Gasteiger partial charge < -0.3 is 5.32 Å². The lowest BCUT2D eigenvalue weighted by atomic mass is 9.55. The molecule has 4 aromatic rings. The van der Waals surface area contributed by atoms with Crippen LogP contribution in [-0.2, 0) is 6.54 Å². The molecule has 5 unspecified atom stereocenters. The van der Waals surface area contributed by atoms with E-state index in [1.165, 1.54) is 38.5 Å². The van der Waals surface area contributed by atoms with Crippen LogP contribution in [0.2, 0.25) is 0 Å². The highest BCUT2D eigenvalue weighted by Gasteiger charge is 2.70. The Labute approximate surface area is 208 Å². The van der Waals surface area contributed by atoms with E-state index >= 15 is 0 Å². The lowest BCUT2D eigenvalue weighted by Crippen LogP contribution is -2.43. The number of hydrogen-bond donors (Lipinski definition) is 1. The number of tetrazole rings is 1. The zero-order valence-electron chi connectivity index (χ0n) is 20.0. The average molecular weight is 481 g/mol. The number of pyridine rings is 2. The molecule has 0 aromatic carbocycles. The second-order valence-electron chi connectivity index (χ2n) is 11.7. The molecular formula is C27H28N8O. The highest BCUT2D eigenvalue weighted by atomic mass is 16.1. The van der Waals surface area contributed by atoms with Gasteiger partial charge in [0, 0.05) is 18.9 Å². The normalized spacial score (nSPS) is 31.5. The van der Waals surface area contributed by atoms with Gasteiger partial charge in [-0.15, -0.1) is 5.10 Å². The van der Waals surface area contributed by atoms with Crippen LogP contribution >= 0.6 is 0 Å². The molecule has 3 bridgehead atoms. The zero-order valence-corrected chi connectivity index (χ0v) is 20.0. The lowest BCUT2D eigenvalue weighted by molar-refractivity contribution is -0.00254. The first-order chi connectivity index (χ1) is 17.6. The average Bonchev–Trinajstić information content (AvgIpc) is 3.60. The first kappa shape index (κ1) is 20.6. The van der Waals surface area contributed by atoms with E-state index < -0.39 is 0 Å². The maximum Gasteiger partial charge on any atom is 0.268 e. The molecule has 4 aliphatic rings. The summed E-state index contributed by atoms with van der Waals surface area (Å²) in [5.41, 5.74) is 3.77. The fraction of sp³-hybridized carbons (Fsp3) is 0.481. The number of carbonyl (C=O) groups is 1. The molecule has 1 N–H and O–H groups in total. The number of hydrogen-bond acceptors (Lipinski definition) is 6. The van der Waals surface area contributed by atoms with Gasteiger partial charge in [-0.1, -0.05) is 12.1 Å². The van der Waals surface area contributed by atoms with Crippen molar-refractivity contribution in [2.45, 2.75) is 45.1 Å². The number of fused-ring (bicyclic) bond motifs is 3. The van der Waals surface area contributed by atoms with Gasteiger partial charge in [-0.25, -0.2) is 9.67 Å². The van der Waals surface area contributed by atoms with Crippen LogP contribution in [0.4, 0.5) is 0 Å². The Balaban J connectivity index is 1.03. The third-order valence-corrected chi connectivity index (χ3v) is 9.72. The monoisotopic (exact) mass is 480 g/mol. The van der Waals surface area contributed by atoms with Crippen LogP contribution in [0.1, 0.15) is 54.7 Å². The summed E-state index contributed by atoms with van der Waals surface area (Å²) in [5, 5.41) is 15.4. The molecule has 36 heavy (non-hydrogen) atoms. The van der Waals surface area contributed by atoms with E-state index in [1.807, 2.05) is 47.0 Å². The van der Waals surface area contributed by atoms with Crippen molar-refractivity contribution in [2.24, 2.45) is 28.6 Å². The highest BCUT2D eigenvalue weighted by Crippen LogP contribution is 2.78. The molecular weight excluding hydrogens is 452 g/mol. The number of nitrogens with one attached hydrogen (secondary N) is 1. The van der Waals surface area contributed by atoms with E-state index in [4.69, 9.17) is 4.98 Å². The maximum absolute atomic E-state index is 13.4. The van der Waals surface area contributed by atoms with Crippen molar-refractivity contribution in [3.8, 4) is 11.5 Å². The van der Waals surface area contributed by atoms with Gasteiger partial charge in [-0.3, -0.25) is 14.2 Å². The minimum Gasteiger partial charge on any atom is -0.350 e. The van der Waals surface area contributed by atoms with Crippen LogP contribution in [0.3, 0.4) is 0 Å². The standard InChI is InChI=1S/C27H28N8O/c36-25(29-16-26-10-17-8-18-9-19(12-26)27(18,11-17)15-26)22-5-3-6-23-30-20(13-34(22)23)14-35-24(31-32-33-35)21-4-1-2-7-28-21/h1-7,13,17-19H,8-12,14-16H2,(H,29,36). The van der Waals surface area contributed by atoms with Crippen molar-refractivity contribution in [1.29, 1.82) is 0 Å². The predicted octanol–water partition coefficient (Wildman–Crippen LogP) is 3.38. The van der Waals surface area contributed by atoms with Gasteiger partial charge in [0.05, 0.1) is 12.2 Å². The molecule has 0 radical (unpaired) electrons. The molecule has 4 aromatic heterocycles. The van der Waals surface area contributed by atoms with E-state index in [9.17, 15) is 4.79 Å². The topological polar surface area (TPSA) is 103 Å². The third-order valence-electron chi connectivity index (χ3n) is 9.72. The smallest absolute Gasteiger partial charge is 0.268 e. The van der Waals surface area contributed by atoms with E-state index in [0.717, 1.165) is 35.6 Å². The predicted molar refractivity (Wildman–Crippen MR) is 131 cm³/mol. The summed E-state index contributed by atoms with van der Waals surface area (Å²) in [6.07, 6.45) is 11.9. The van der Waals surface area contributed by atoms with Crippen molar-refractivity contribution in [3.05, 3.63) is 60.2 Å². The second kappa shape index (κ2) is 7.21. The molecule has 0 aliphatic heterocycles. The number of imidazole rings is 1. The quantitative estimate of drug-likeness (QED) is 0.454. The molecule has 4 saturated carbocycles. The first-order valence-electron chi connectivity index (χ1n) is 13.0. The van der Waals surface area contributed by atoms with Gasteiger partial charge >= 0.3 is 0 Å². The number of aromatic nitrogens is 7. The van der Waals surface area contributed by atoms with Gasteiger partial charge in [-0.05, 0) is 102 Å². The molecule has 4 heterocycles. The lowest BCUT2D eigenvalue weighted by Gasteiger charge is -2.49. The molecule has 4 fully saturated rings. The van der Waals surface area contributed by atoms with Crippen molar-refractivity contribution in [1.82, 2.24) is 39.9 Å². The Hall–Kier alpha value is -3.62. The Morgan fingerprint density at radius 2 is 2.06 bits per heavy atom. The largest absolute Gasteiger partial charge is 0.350 e. The second-order valence-corrected chi connectivity index (χ2v) is 11.7. The summed E-state index contributed by atoms with van der Waals surface area (Å²) in [7, 11) is 0. The van der Waals surface area contributed by atoms with Crippen LogP contribution in [-0.4, -0.2) is 47.0 Å². The van der Waals surface area contributed by atoms with Gasteiger partial charge in [-0.2, -0.15) is 0 Å². The number of carbonyl (C=O) groups excluding carboxylic acids is 1. The number of amides is 1. The molecule has 9 heteroatoms. The Morgan fingerprint density at radius 3 is 2.97 bits per heavy atom. The third kappa shape index (κ3) is 2.88. The number of nitrogens with zero attached hydrogens (tertiary/aromatic N) is 7. The van der Waals surface area contributed by atoms with Gasteiger partial charge in [0.2, 0.25) is 5.82 Å². The van der Waals surface area contributed by atoms with Crippen LogP contribution in [0.5, 0.6) is 0 Å². The van der Waals surface area contributed by atoms with Gasteiger partial charge in [0.25, 0.3) is 5.91 Å². The molecule has 0 saturated heterocycles. The molecule has 5 atom stereocenters. The van der Waals surface area contributed by atoms with Crippen LogP contribution < -0.4 is 5.32 Å². The van der Waals surface area contributed by atoms with E-state index in [2.05, 4.69) is 25.8 Å². The molecule has 9 nitrogen and oxygen atoms in total. The van der Waals surface area contributed by atoms with Crippen LogP contribution in [0.15, 0.2) is 48.8 Å².